The van der Waals surface area contributed by atoms with Crippen LogP contribution in [0.1, 0.15) is 17.3 Å². The molecule has 0 aliphatic heterocycles. The van der Waals surface area contributed by atoms with Crippen molar-refractivity contribution >= 4 is 27.6 Å². The first-order valence-corrected chi connectivity index (χ1v) is 7.26. The molecule has 0 saturated carbocycles. The van der Waals surface area contributed by atoms with Crippen LogP contribution < -0.4 is 4.72 Å². The predicted molar refractivity (Wildman–Crippen MR) is 74.1 cm³/mol. The molecule has 1 aromatic rings. The minimum absolute atomic E-state index is 0.144. The summed E-state index contributed by atoms with van der Waals surface area (Å²) in [6.45, 7) is 1.07. The first kappa shape index (κ1) is 16.0. The molecular weight excluding hydrogens is 284 g/mol. The summed E-state index contributed by atoms with van der Waals surface area (Å²) in [5.41, 5.74) is 0.448. The summed E-state index contributed by atoms with van der Waals surface area (Å²) >= 11 is 0. The molecule has 1 rings (SSSR count). The number of carbonyl (C=O) groups excluding carboxylic acids is 1. The summed E-state index contributed by atoms with van der Waals surface area (Å²) in [5.74, 6) is -1.73. The molecule has 0 fully saturated rings. The Balaban J connectivity index is 3.03. The molecule has 1 amide bonds. The molecular formula is C12H16N2O5S. The molecule has 110 valence electrons. The fourth-order valence-corrected chi connectivity index (χ4v) is 2.26. The van der Waals surface area contributed by atoms with E-state index in [1.807, 2.05) is 0 Å². The molecule has 2 N–H and O–H groups in total. The van der Waals surface area contributed by atoms with E-state index in [0.29, 0.717) is 5.56 Å². The zero-order valence-corrected chi connectivity index (χ0v) is 12.1. The number of carboxylic acid groups (broad SMARTS) is 1. The average molecular weight is 300 g/mol. The van der Waals surface area contributed by atoms with Crippen LogP contribution in [-0.2, 0) is 14.8 Å². The maximum absolute atomic E-state index is 11.8. The summed E-state index contributed by atoms with van der Waals surface area (Å²) in [6.07, 6.45) is 0. The summed E-state index contributed by atoms with van der Waals surface area (Å²) in [5, 5.41) is 7.14. The zero-order chi connectivity index (χ0) is 15.5. The van der Waals surface area contributed by atoms with Gasteiger partial charge < -0.3 is 10.0 Å². The van der Waals surface area contributed by atoms with Crippen molar-refractivity contribution in [1.82, 2.24) is 4.90 Å². The van der Waals surface area contributed by atoms with Crippen LogP contribution in [0.2, 0.25) is 0 Å². The molecule has 0 saturated heterocycles. The van der Waals surface area contributed by atoms with Crippen molar-refractivity contribution in [2.75, 3.05) is 18.8 Å². The van der Waals surface area contributed by atoms with E-state index < -0.39 is 21.2 Å². The quantitative estimate of drug-likeness (QED) is 0.829. The number of aliphatic carboxylic acids is 1. The van der Waals surface area contributed by atoms with E-state index in [4.69, 9.17) is 5.11 Å². The number of nitrogens with zero attached hydrogens (tertiary/aromatic N) is 1. The highest BCUT2D eigenvalue weighted by atomic mass is 32.2. The Bertz CT molecular complexity index is 624. The van der Waals surface area contributed by atoms with Crippen LogP contribution in [0.5, 0.6) is 0 Å². The predicted octanol–water partition coefficient (Wildman–Crippen LogP) is 0.603. The lowest BCUT2D eigenvalue weighted by Crippen LogP contribution is -2.32. The molecule has 0 heterocycles. The van der Waals surface area contributed by atoms with Crippen LogP contribution in [0.4, 0.5) is 5.69 Å². The highest BCUT2D eigenvalue weighted by Crippen LogP contribution is 2.15. The average Bonchev–Trinajstić information content (AvgIpc) is 2.36. The third-order valence-corrected chi connectivity index (χ3v) is 4.24. The maximum atomic E-state index is 11.8. The van der Waals surface area contributed by atoms with Crippen molar-refractivity contribution < 1.29 is 23.1 Å². The number of anilines is 1. The van der Waals surface area contributed by atoms with E-state index in [9.17, 15) is 18.0 Å². The van der Waals surface area contributed by atoms with Crippen molar-refractivity contribution in [2.24, 2.45) is 0 Å². The van der Waals surface area contributed by atoms with Gasteiger partial charge in [-0.3, -0.25) is 14.3 Å². The normalized spacial score (nSPS) is 12.6. The fraction of sp³-hybridized carbons (Fsp3) is 0.333. The molecule has 0 aliphatic carbocycles. The summed E-state index contributed by atoms with van der Waals surface area (Å²) in [7, 11) is -0.900. The number of benzene rings is 1. The number of nitrogens with one attached hydrogen (secondary N) is 1. The molecule has 0 radical (unpaired) electrons. The molecule has 20 heavy (non-hydrogen) atoms. The van der Waals surface area contributed by atoms with Crippen LogP contribution in [-0.4, -0.2) is 49.6 Å². The van der Waals surface area contributed by atoms with Crippen molar-refractivity contribution in [3.8, 4) is 0 Å². The lowest BCUT2D eigenvalue weighted by Gasteiger charge is -2.13. The third kappa shape index (κ3) is 3.70. The van der Waals surface area contributed by atoms with Crippen molar-refractivity contribution in [3.63, 3.8) is 0 Å². The van der Waals surface area contributed by atoms with Crippen LogP contribution in [0.3, 0.4) is 0 Å². The van der Waals surface area contributed by atoms with Crippen molar-refractivity contribution in [2.45, 2.75) is 12.2 Å². The minimum Gasteiger partial charge on any atom is -0.480 e. The molecule has 1 atom stereocenters. The fourth-order valence-electron chi connectivity index (χ4n) is 1.36. The number of sulfonamides is 1. The largest absolute Gasteiger partial charge is 0.480 e. The monoisotopic (exact) mass is 300 g/mol. The standard InChI is InChI=1S/C12H16N2O5S/c1-8(12(16)17)20(18,19)13-10-6-4-5-9(7-10)11(15)14(2)3/h4-8,13H,1-3H3,(H,16,17). The van der Waals surface area contributed by atoms with E-state index in [0.717, 1.165) is 6.92 Å². The van der Waals surface area contributed by atoms with Gasteiger partial charge in [-0.25, -0.2) is 8.42 Å². The van der Waals surface area contributed by atoms with Gasteiger partial charge in [0.2, 0.25) is 10.0 Å². The number of hydrogen-bond donors (Lipinski definition) is 2. The summed E-state index contributed by atoms with van der Waals surface area (Å²) < 4.78 is 25.7. The highest BCUT2D eigenvalue weighted by Gasteiger charge is 2.27. The van der Waals surface area contributed by atoms with Gasteiger partial charge in [0.1, 0.15) is 0 Å². The second-order valence-corrected chi connectivity index (χ2v) is 6.41. The molecule has 1 unspecified atom stereocenters. The highest BCUT2D eigenvalue weighted by molar-refractivity contribution is 7.94. The van der Waals surface area contributed by atoms with E-state index >= 15 is 0 Å². The Morgan fingerprint density at radius 1 is 1.30 bits per heavy atom. The van der Waals surface area contributed by atoms with Gasteiger partial charge in [0.25, 0.3) is 5.91 Å². The van der Waals surface area contributed by atoms with Gasteiger partial charge in [-0.2, -0.15) is 0 Å². The summed E-state index contributed by atoms with van der Waals surface area (Å²) in [4.78, 5) is 23.8. The van der Waals surface area contributed by atoms with Crippen LogP contribution in [0, 0.1) is 0 Å². The van der Waals surface area contributed by atoms with Crippen LogP contribution >= 0.6 is 0 Å². The Morgan fingerprint density at radius 2 is 1.90 bits per heavy atom. The van der Waals surface area contributed by atoms with E-state index in [2.05, 4.69) is 4.72 Å². The van der Waals surface area contributed by atoms with Crippen LogP contribution in [0.15, 0.2) is 24.3 Å². The lowest BCUT2D eigenvalue weighted by atomic mass is 10.2. The summed E-state index contributed by atoms with van der Waals surface area (Å²) in [6, 6.07) is 5.85. The molecule has 0 aliphatic rings. The first-order chi connectivity index (χ1) is 9.15. The SMILES string of the molecule is CC(C(=O)O)S(=O)(=O)Nc1cccc(C(=O)N(C)C)c1. The number of rotatable bonds is 5. The van der Waals surface area contributed by atoms with Gasteiger partial charge in [-0.1, -0.05) is 6.07 Å². The lowest BCUT2D eigenvalue weighted by molar-refractivity contribution is -0.136. The van der Waals surface area contributed by atoms with E-state index in [1.54, 1.807) is 20.2 Å². The van der Waals surface area contributed by atoms with Gasteiger partial charge >= 0.3 is 5.97 Å². The van der Waals surface area contributed by atoms with Gasteiger partial charge in [-0.05, 0) is 25.1 Å². The first-order valence-electron chi connectivity index (χ1n) is 5.71. The maximum Gasteiger partial charge on any atom is 0.323 e. The number of hydrogen-bond acceptors (Lipinski definition) is 4. The Labute approximate surface area is 117 Å². The third-order valence-electron chi connectivity index (χ3n) is 2.59. The Hall–Kier alpha value is -2.09. The zero-order valence-electron chi connectivity index (χ0n) is 11.3. The van der Waals surface area contributed by atoms with E-state index in [-0.39, 0.29) is 11.6 Å². The van der Waals surface area contributed by atoms with Gasteiger partial charge in [-0.15, -0.1) is 0 Å². The molecule has 1 aromatic carbocycles. The molecule has 7 nitrogen and oxygen atoms in total. The molecule has 0 bridgehead atoms. The number of amides is 1. The van der Waals surface area contributed by atoms with Gasteiger partial charge in [0.05, 0.1) is 0 Å². The second kappa shape index (κ2) is 5.91. The molecule has 0 spiro atoms. The Morgan fingerprint density at radius 3 is 2.40 bits per heavy atom. The molecule has 0 aromatic heterocycles. The minimum atomic E-state index is -4.05. The van der Waals surface area contributed by atoms with Gasteiger partial charge in [0.15, 0.2) is 5.25 Å². The van der Waals surface area contributed by atoms with Gasteiger partial charge in [0, 0.05) is 25.3 Å². The smallest absolute Gasteiger partial charge is 0.323 e. The Kier molecular flexibility index (Phi) is 4.72. The second-order valence-electron chi connectivity index (χ2n) is 4.41. The number of carbonyl (C=O) groups is 2. The topological polar surface area (TPSA) is 104 Å². The van der Waals surface area contributed by atoms with E-state index in [1.165, 1.54) is 23.1 Å². The van der Waals surface area contributed by atoms with Crippen LogP contribution in [0.25, 0.3) is 0 Å². The van der Waals surface area contributed by atoms with Crippen molar-refractivity contribution in [1.29, 1.82) is 0 Å². The number of carboxylic acids is 1. The van der Waals surface area contributed by atoms with Crippen molar-refractivity contribution in [3.05, 3.63) is 29.8 Å². The molecule has 8 heteroatoms.